The van der Waals surface area contributed by atoms with E-state index in [1.807, 2.05) is 11.8 Å². The maximum atomic E-state index is 13.0. The van der Waals surface area contributed by atoms with Crippen molar-refractivity contribution in [3.05, 3.63) is 23.3 Å². The van der Waals surface area contributed by atoms with Crippen molar-refractivity contribution in [2.75, 3.05) is 39.3 Å². The Morgan fingerprint density at radius 3 is 2.58 bits per heavy atom. The molecular formula is C20H30N4O2. The summed E-state index contributed by atoms with van der Waals surface area (Å²) >= 11 is 0. The summed E-state index contributed by atoms with van der Waals surface area (Å²) in [4.78, 5) is 26.4. The Kier molecular flexibility index (Phi) is 5.23. The summed E-state index contributed by atoms with van der Waals surface area (Å²) in [7, 11) is 0. The maximum Gasteiger partial charge on any atom is 0.257 e. The van der Waals surface area contributed by atoms with Crippen LogP contribution in [-0.4, -0.2) is 70.1 Å². The van der Waals surface area contributed by atoms with Crippen LogP contribution >= 0.6 is 0 Å². The number of hydrogen-bond acceptors (Lipinski definition) is 5. The van der Waals surface area contributed by atoms with Gasteiger partial charge < -0.3 is 14.9 Å². The number of aliphatic hydroxyl groups is 1. The number of carbonyl (C=O) groups excluding carboxylic acids is 1. The average molecular weight is 358 g/mol. The first-order valence-electron chi connectivity index (χ1n) is 10.1. The highest BCUT2D eigenvalue weighted by Crippen LogP contribution is 2.38. The molecule has 2 atom stereocenters. The number of hydrogen-bond donors (Lipinski definition) is 1. The summed E-state index contributed by atoms with van der Waals surface area (Å²) in [6, 6.07) is 0. The van der Waals surface area contributed by atoms with Gasteiger partial charge in [-0.2, -0.15) is 0 Å². The summed E-state index contributed by atoms with van der Waals surface area (Å²) < 4.78 is 0. The molecule has 3 aliphatic rings. The number of amides is 1. The highest BCUT2D eigenvalue weighted by molar-refractivity contribution is 5.95. The number of aromatic nitrogens is 2. The molecule has 142 valence electrons. The smallest absolute Gasteiger partial charge is 0.257 e. The van der Waals surface area contributed by atoms with E-state index in [4.69, 9.17) is 0 Å². The van der Waals surface area contributed by atoms with E-state index in [9.17, 15) is 9.90 Å². The van der Waals surface area contributed by atoms with Gasteiger partial charge >= 0.3 is 0 Å². The van der Waals surface area contributed by atoms with Gasteiger partial charge in [0.15, 0.2) is 0 Å². The molecule has 26 heavy (non-hydrogen) atoms. The highest BCUT2D eigenvalue weighted by atomic mass is 16.3. The minimum Gasteiger partial charge on any atom is -0.396 e. The second kappa shape index (κ2) is 7.61. The summed E-state index contributed by atoms with van der Waals surface area (Å²) in [5, 5.41) is 9.81. The zero-order chi connectivity index (χ0) is 18.1. The van der Waals surface area contributed by atoms with E-state index in [0.29, 0.717) is 23.9 Å². The predicted octanol–water partition coefficient (Wildman–Crippen LogP) is 1.83. The van der Waals surface area contributed by atoms with E-state index in [2.05, 4.69) is 14.9 Å². The summed E-state index contributed by atoms with van der Waals surface area (Å²) in [6.07, 6.45) is 7.89. The van der Waals surface area contributed by atoms with Crippen molar-refractivity contribution in [2.45, 2.75) is 44.9 Å². The molecule has 0 spiro atoms. The minimum atomic E-state index is 0.0180. The Hall–Kier alpha value is -1.53. The number of carbonyl (C=O) groups is 1. The number of nitrogens with zero attached hydrogens (tertiary/aromatic N) is 4. The standard InChI is InChI=1S/C20H30N4O2/c1-14-18(9-21-19(22-14)15-5-6-15)20(26)24-11-16(17(12-24)13-25)10-23-7-3-2-4-8-23/h9,15-17,25H,2-8,10-13H2,1H3/t16-,17-/m0/s1. The molecule has 2 saturated heterocycles. The van der Waals surface area contributed by atoms with E-state index in [-0.39, 0.29) is 18.4 Å². The molecule has 0 unspecified atom stereocenters. The molecule has 1 aliphatic carbocycles. The van der Waals surface area contributed by atoms with Gasteiger partial charge in [0.2, 0.25) is 0 Å². The first-order valence-corrected chi connectivity index (χ1v) is 10.1. The van der Waals surface area contributed by atoms with Gasteiger partial charge in [0.25, 0.3) is 5.91 Å². The van der Waals surface area contributed by atoms with Crippen LogP contribution in [0.4, 0.5) is 0 Å². The lowest BCUT2D eigenvalue weighted by molar-refractivity contribution is 0.0776. The first kappa shape index (κ1) is 17.9. The fourth-order valence-corrected chi connectivity index (χ4v) is 4.40. The molecule has 3 heterocycles. The van der Waals surface area contributed by atoms with Crippen LogP contribution in [0.15, 0.2) is 6.20 Å². The van der Waals surface area contributed by atoms with Crippen molar-refractivity contribution < 1.29 is 9.90 Å². The molecule has 1 amide bonds. The third-order valence-electron chi connectivity index (χ3n) is 6.21. The van der Waals surface area contributed by atoms with Crippen molar-refractivity contribution in [3.8, 4) is 0 Å². The fraction of sp³-hybridized carbons (Fsp3) is 0.750. The fourth-order valence-electron chi connectivity index (χ4n) is 4.40. The normalized spacial score (nSPS) is 27.1. The van der Waals surface area contributed by atoms with Gasteiger partial charge in [-0.25, -0.2) is 9.97 Å². The molecule has 1 aromatic rings. The second-order valence-electron chi connectivity index (χ2n) is 8.28. The van der Waals surface area contributed by atoms with E-state index >= 15 is 0 Å². The lowest BCUT2D eigenvalue weighted by Gasteiger charge is -2.30. The largest absolute Gasteiger partial charge is 0.396 e. The Morgan fingerprint density at radius 2 is 1.92 bits per heavy atom. The Labute approximate surface area is 155 Å². The van der Waals surface area contributed by atoms with E-state index < -0.39 is 0 Å². The Balaban J connectivity index is 1.42. The quantitative estimate of drug-likeness (QED) is 0.870. The number of piperidine rings is 1. The molecule has 0 bridgehead atoms. The van der Waals surface area contributed by atoms with E-state index in [1.54, 1.807) is 6.20 Å². The van der Waals surface area contributed by atoms with Crippen molar-refractivity contribution in [2.24, 2.45) is 11.8 Å². The molecule has 1 saturated carbocycles. The number of likely N-dealkylation sites (tertiary alicyclic amines) is 2. The van der Waals surface area contributed by atoms with Crippen molar-refractivity contribution in [1.29, 1.82) is 0 Å². The maximum absolute atomic E-state index is 13.0. The van der Waals surface area contributed by atoms with Crippen molar-refractivity contribution in [1.82, 2.24) is 19.8 Å². The second-order valence-corrected chi connectivity index (χ2v) is 8.28. The predicted molar refractivity (Wildman–Crippen MR) is 99.0 cm³/mol. The molecule has 0 aromatic carbocycles. The van der Waals surface area contributed by atoms with Crippen LogP contribution in [0.2, 0.25) is 0 Å². The van der Waals surface area contributed by atoms with Crippen LogP contribution in [0.5, 0.6) is 0 Å². The molecule has 0 radical (unpaired) electrons. The van der Waals surface area contributed by atoms with Gasteiger partial charge in [-0.3, -0.25) is 4.79 Å². The van der Waals surface area contributed by atoms with Gasteiger partial charge in [-0.1, -0.05) is 6.42 Å². The number of aliphatic hydroxyl groups excluding tert-OH is 1. The van der Waals surface area contributed by atoms with Gasteiger partial charge in [0.1, 0.15) is 5.82 Å². The average Bonchev–Trinajstić information content (AvgIpc) is 3.43. The molecule has 2 aliphatic heterocycles. The zero-order valence-corrected chi connectivity index (χ0v) is 15.7. The molecule has 6 heteroatoms. The van der Waals surface area contributed by atoms with Crippen molar-refractivity contribution in [3.63, 3.8) is 0 Å². The molecule has 1 aromatic heterocycles. The van der Waals surface area contributed by atoms with Gasteiger partial charge in [0, 0.05) is 44.3 Å². The SMILES string of the molecule is Cc1nc(C2CC2)ncc1C(=O)N1C[C@@H](CO)[C@@H](CN2CCCCC2)C1. The Bertz CT molecular complexity index is 655. The van der Waals surface area contributed by atoms with Gasteiger partial charge in [-0.05, 0) is 51.6 Å². The summed E-state index contributed by atoms with van der Waals surface area (Å²) in [5.41, 5.74) is 1.40. The lowest BCUT2D eigenvalue weighted by Crippen LogP contribution is -2.37. The van der Waals surface area contributed by atoms with Crippen LogP contribution in [0, 0.1) is 18.8 Å². The number of aryl methyl sites for hydroxylation is 1. The van der Waals surface area contributed by atoms with Crippen LogP contribution in [0.3, 0.4) is 0 Å². The van der Waals surface area contributed by atoms with Gasteiger partial charge in [0.05, 0.1) is 11.3 Å². The summed E-state index contributed by atoms with van der Waals surface area (Å²) in [5.74, 6) is 1.93. The van der Waals surface area contributed by atoms with Gasteiger partial charge in [-0.15, -0.1) is 0 Å². The zero-order valence-electron chi connectivity index (χ0n) is 15.7. The summed E-state index contributed by atoms with van der Waals surface area (Å²) in [6.45, 7) is 6.72. The van der Waals surface area contributed by atoms with Crippen LogP contribution in [-0.2, 0) is 0 Å². The molecule has 1 N–H and O–H groups in total. The first-order chi connectivity index (χ1) is 12.7. The molecule has 3 fully saturated rings. The third-order valence-corrected chi connectivity index (χ3v) is 6.21. The Morgan fingerprint density at radius 1 is 1.19 bits per heavy atom. The molecule has 6 nitrogen and oxygen atoms in total. The lowest BCUT2D eigenvalue weighted by atomic mass is 9.95. The topological polar surface area (TPSA) is 69.6 Å². The molecule has 4 rings (SSSR count). The number of rotatable bonds is 5. The van der Waals surface area contributed by atoms with E-state index in [0.717, 1.165) is 50.5 Å². The third kappa shape index (κ3) is 3.76. The van der Waals surface area contributed by atoms with Crippen LogP contribution in [0.1, 0.15) is 59.9 Å². The van der Waals surface area contributed by atoms with Crippen molar-refractivity contribution >= 4 is 5.91 Å². The highest BCUT2D eigenvalue weighted by Gasteiger charge is 2.37. The van der Waals surface area contributed by atoms with Crippen LogP contribution in [0.25, 0.3) is 0 Å². The monoisotopic (exact) mass is 358 g/mol. The van der Waals surface area contributed by atoms with E-state index in [1.165, 1.54) is 19.3 Å². The minimum absolute atomic E-state index is 0.0180. The molecular weight excluding hydrogens is 328 g/mol. The van der Waals surface area contributed by atoms with Crippen LogP contribution < -0.4 is 0 Å².